The molecule has 1 unspecified atom stereocenters. The summed E-state index contributed by atoms with van der Waals surface area (Å²) in [7, 11) is 0. The lowest BCUT2D eigenvalue weighted by atomic mass is 9.99. The van der Waals surface area contributed by atoms with Crippen LogP contribution in [0.25, 0.3) is 0 Å². The summed E-state index contributed by atoms with van der Waals surface area (Å²) < 4.78 is 2.12. The molecule has 0 spiro atoms. The molecule has 2 aliphatic heterocycles. The van der Waals surface area contributed by atoms with Gasteiger partial charge in [-0.05, 0) is 11.6 Å². The van der Waals surface area contributed by atoms with Crippen LogP contribution < -0.4 is 5.32 Å². The fourth-order valence-electron chi connectivity index (χ4n) is 3.09. The molecule has 1 aromatic carbocycles. The molecule has 1 N–H and O–H groups in total. The second-order valence-electron chi connectivity index (χ2n) is 5.32. The summed E-state index contributed by atoms with van der Waals surface area (Å²) in [5.41, 5.74) is 2.20. The van der Waals surface area contributed by atoms with Gasteiger partial charge in [0.2, 0.25) is 5.91 Å². The van der Waals surface area contributed by atoms with Crippen molar-refractivity contribution >= 4 is 11.6 Å². The Morgan fingerprint density at radius 2 is 2.20 bits per heavy atom. The maximum Gasteiger partial charge on any atom is 0.232 e. The molecule has 102 valence electrons. The van der Waals surface area contributed by atoms with Gasteiger partial charge < -0.3 is 14.8 Å². The number of carbonyl (C=O) groups is 1. The molecule has 0 bridgehead atoms. The predicted molar refractivity (Wildman–Crippen MR) is 75.3 cm³/mol. The average Bonchev–Trinajstić information content (AvgIpc) is 3.12. The van der Waals surface area contributed by atoms with Gasteiger partial charge >= 0.3 is 0 Å². The highest BCUT2D eigenvalue weighted by Crippen LogP contribution is 2.32. The van der Waals surface area contributed by atoms with Crippen LogP contribution in [0.15, 0.2) is 36.7 Å². The highest BCUT2D eigenvalue weighted by Gasteiger charge is 2.33. The van der Waals surface area contributed by atoms with Crippen LogP contribution in [0.4, 0.5) is 5.69 Å². The molecule has 1 amide bonds. The van der Waals surface area contributed by atoms with Gasteiger partial charge in [0.25, 0.3) is 0 Å². The van der Waals surface area contributed by atoms with Crippen LogP contribution in [0, 0.1) is 0 Å². The van der Waals surface area contributed by atoms with Gasteiger partial charge in [-0.25, -0.2) is 4.98 Å². The number of amides is 1. The third-order valence-electron chi connectivity index (χ3n) is 4.19. The maximum atomic E-state index is 12.7. The number of nitrogens with zero attached hydrogens (tertiary/aromatic N) is 3. The van der Waals surface area contributed by atoms with E-state index in [4.69, 9.17) is 0 Å². The molecule has 5 heteroatoms. The lowest BCUT2D eigenvalue weighted by molar-refractivity contribution is -0.133. The van der Waals surface area contributed by atoms with E-state index in [1.807, 2.05) is 35.4 Å². The Balaban J connectivity index is 1.58. The number of para-hydroxylation sites is 1. The highest BCUT2D eigenvalue weighted by molar-refractivity contribution is 5.88. The molecule has 0 fully saturated rings. The van der Waals surface area contributed by atoms with E-state index in [0.29, 0.717) is 13.1 Å². The average molecular weight is 268 g/mol. The zero-order valence-corrected chi connectivity index (χ0v) is 11.1. The van der Waals surface area contributed by atoms with Crippen LogP contribution in [-0.2, 0) is 17.9 Å². The maximum absolute atomic E-state index is 12.7. The largest absolute Gasteiger partial charge is 0.384 e. The van der Waals surface area contributed by atoms with Crippen molar-refractivity contribution in [1.29, 1.82) is 0 Å². The van der Waals surface area contributed by atoms with E-state index in [2.05, 4.69) is 14.9 Å². The second-order valence-corrected chi connectivity index (χ2v) is 5.32. The van der Waals surface area contributed by atoms with Gasteiger partial charge in [-0.15, -0.1) is 0 Å². The van der Waals surface area contributed by atoms with Crippen LogP contribution in [0.5, 0.6) is 0 Å². The van der Waals surface area contributed by atoms with Crippen molar-refractivity contribution in [3.63, 3.8) is 0 Å². The Hall–Kier alpha value is -2.30. The Morgan fingerprint density at radius 3 is 3.15 bits per heavy atom. The van der Waals surface area contributed by atoms with Gasteiger partial charge in [-0.2, -0.15) is 0 Å². The molecule has 1 atom stereocenters. The normalized spacial score (nSPS) is 20.2. The molecule has 1 aromatic heterocycles. The summed E-state index contributed by atoms with van der Waals surface area (Å²) in [6.07, 6.45) is 3.78. The first kappa shape index (κ1) is 11.5. The van der Waals surface area contributed by atoms with Crippen LogP contribution in [-0.4, -0.2) is 33.4 Å². The molecular formula is C15H16N4O. The predicted octanol–water partition coefficient (Wildman–Crippen LogP) is 1.43. The van der Waals surface area contributed by atoms with Crippen molar-refractivity contribution in [3.05, 3.63) is 48.0 Å². The van der Waals surface area contributed by atoms with Crippen LogP contribution >= 0.6 is 0 Å². The van der Waals surface area contributed by atoms with Gasteiger partial charge in [0.1, 0.15) is 5.82 Å². The van der Waals surface area contributed by atoms with Gasteiger partial charge in [-0.1, -0.05) is 18.2 Å². The number of fused-ring (bicyclic) bond motifs is 2. The van der Waals surface area contributed by atoms with Crippen molar-refractivity contribution < 1.29 is 4.79 Å². The van der Waals surface area contributed by atoms with E-state index >= 15 is 0 Å². The fourth-order valence-corrected chi connectivity index (χ4v) is 3.09. The van der Waals surface area contributed by atoms with Crippen molar-refractivity contribution in [1.82, 2.24) is 14.5 Å². The Morgan fingerprint density at radius 1 is 1.30 bits per heavy atom. The number of benzene rings is 1. The van der Waals surface area contributed by atoms with Gasteiger partial charge in [0.15, 0.2) is 0 Å². The number of imidazole rings is 1. The number of nitrogens with one attached hydrogen (secondary N) is 1. The lowest BCUT2D eigenvalue weighted by Gasteiger charge is -2.29. The minimum Gasteiger partial charge on any atom is -0.384 e. The lowest BCUT2D eigenvalue weighted by Crippen LogP contribution is -2.41. The molecule has 2 aromatic rings. The van der Waals surface area contributed by atoms with Crippen molar-refractivity contribution in [2.75, 3.05) is 18.4 Å². The summed E-state index contributed by atoms with van der Waals surface area (Å²) >= 11 is 0. The fraction of sp³-hybridized carbons (Fsp3) is 0.333. The van der Waals surface area contributed by atoms with Gasteiger partial charge in [0, 0.05) is 37.7 Å². The van der Waals surface area contributed by atoms with Gasteiger partial charge in [-0.3, -0.25) is 4.79 Å². The zero-order chi connectivity index (χ0) is 13.5. The van der Waals surface area contributed by atoms with E-state index in [1.165, 1.54) is 0 Å². The summed E-state index contributed by atoms with van der Waals surface area (Å²) in [5.74, 6) is 1.12. The second kappa shape index (κ2) is 4.37. The summed E-state index contributed by atoms with van der Waals surface area (Å²) in [4.78, 5) is 19.0. The van der Waals surface area contributed by atoms with E-state index in [9.17, 15) is 4.79 Å². The summed E-state index contributed by atoms with van der Waals surface area (Å²) in [6, 6.07) is 8.07. The molecule has 20 heavy (non-hydrogen) atoms. The summed E-state index contributed by atoms with van der Waals surface area (Å²) in [6.45, 7) is 2.91. The molecule has 0 saturated heterocycles. The third-order valence-corrected chi connectivity index (χ3v) is 4.19. The molecule has 0 aliphatic carbocycles. The Bertz CT molecular complexity index is 663. The molecular weight excluding hydrogens is 252 g/mol. The number of rotatable bonds is 1. The highest BCUT2D eigenvalue weighted by atomic mass is 16.2. The van der Waals surface area contributed by atoms with Crippen LogP contribution in [0.1, 0.15) is 17.3 Å². The van der Waals surface area contributed by atoms with Crippen LogP contribution in [0.2, 0.25) is 0 Å². The first-order valence-corrected chi connectivity index (χ1v) is 6.94. The topological polar surface area (TPSA) is 50.2 Å². The minimum absolute atomic E-state index is 0.0623. The zero-order valence-electron chi connectivity index (χ0n) is 11.1. The monoisotopic (exact) mass is 268 g/mol. The van der Waals surface area contributed by atoms with Crippen molar-refractivity contribution in [2.24, 2.45) is 0 Å². The van der Waals surface area contributed by atoms with E-state index in [0.717, 1.165) is 30.2 Å². The quantitative estimate of drug-likeness (QED) is 0.851. The molecule has 4 rings (SSSR count). The number of hydrogen-bond acceptors (Lipinski definition) is 3. The van der Waals surface area contributed by atoms with E-state index in [1.54, 1.807) is 6.20 Å². The Labute approximate surface area is 117 Å². The third kappa shape index (κ3) is 1.70. The smallest absolute Gasteiger partial charge is 0.232 e. The van der Waals surface area contributed by atoms with Crippen LogP contribution in [0.3, 0.4) is 0 Å². The number of hydrogen-bond donors (Lipinski definition) is 1. The molecule has 2 aliphatic rings. The minimum atomic E-state index is -0.0623. The first-order valence-electron chi connectivity index (χ1n) is 6.94. The molecule has 3 heterocycles. The number of aromatic nitrogens is 2. The number of anilines is 1. The Kier molecular flexibility index (Phi) is 2.52. The SMILES string of the molecule is O=C(C1CNc2ccccc21)N1CCn2ccnc2C1. The van der Waals surface area contributed by atoms with Crippen molar-refractivity contribution in [2.45, 2.75) is 19.0 Å². The van der Waals surface area contributed by atoms with Gasteiger partial charge in [0.05, 0.1) is 12.5 Å². The standard InChI is InChI=1S/C15H16N4O/c20-15(12-9-17-13-4-2-1-3-11(12)13)19-8-7-18-6-5-16-14(18)10-19/h1-6,12,17H,7-10H2. The van der Waals surface area contributed by atoms with Crippen molar-refractivity contribution in [3.8, 4) is 0 Å². The molecule has 0 radical (unpaired) electrons. The van der Waals surface area contributed by atoms with E-state index in [-0.39, 0.29) is 11.8 Å². The first-order chi connectivity index (χ1) is 9.83. The van der Waals surface area contributed by atoms with E-state index < -0.39 is 0 Å². The number of carbonyl (C=O) groups excluding carboxylic acids is 1. The molecule has 5 nitrogen and oxygen atoms in total. The summed E-state index contributed by atoms with van der Waals surface area (Å²) in [5, 5.41) is 3.32. The molecule has 0 saturated carbocycles.